The van der Waals surface area contributed by atoms with E-state index in [4.69, 9.17) is 9.47 Å². The van der Waals surface area contributed by atoms with Crippen molar-refractivity contribution < 1.29 is 23.9 Å². The highest BCUT2D eigenvalue weighted by molar-refractivity contribution is 5.87. The Kier molecular flexibility index (Phi) is 4.32. The summed E-state index contributed by atoms with van der Waals surface area (Å²) in [5, 5.41) is 0. The van der Waals surface area contributed by atoms with Crippen LogP contribution in [0.25, 0.3) is 0 Å². The summed E-state index contributed by atoms with van der Waals surface area (Å²) in [6.07, 6.45) is 10.9. The van der Waals surface area contributed by atoms with Gasteiger partial charge in [0.05, 0.1) is 5.92 Å². The first kappa shape index (κ1) is 18.5. The Labute approximate surface area is 160 Å². The molecule has 5 atom stereocenters. The van der Waals surface area contributed by atoms with Crippen LogP contribution in [0.2, 0.25) is 0 Å². The van der Waals surface area contributed by atoms with Crippen molar-refractivity contribution >= 4 is 17.7 Å². The Bertz CT molecular complexity index is 732. The second kappa shape index (κ2) is 6.32. The Hall–Kier alpha value is -1.91. The van der Waals surface area contributed by atoms with Crippen molar-refractivity contribution in [2.75, 3.05) is 0 Å². The maximum Gasteiger partial charge on any atom is 0.305 e. The molecule has 0 N–H and O–H groups in total. The molecule has 0 unspecified atom stereocenters. The zero-order valence-electron chi connectivity index (χ0n) is 16.3. The predicted molar refractivity (Wildman–Crippen MR) is 98.3 cm³/mol. The number of fused-ring (bicyclic) bond motifs is 5. The lowest BCUT2D eigenvalue weighted by Crippen LogP contribution is -2.55. The van der Waals surface area contributed by atoms with Crippen molar-refractivity contribution in [3.63, 3.8) is 0 Å². The topological polar surface area (TPSA) is 69.7 Å². The Morgan fingerprint density at radius 1 is 1.11 bits per heavy atom. The molecule has 0 heterocycles. The third-order valence-electron chi connectivity index (χ3n) is 7.43. The van der Waals surface area contributed by atoms with Gasteiger partial charge in [-0.15, -0.1) is 0 Å². The molecule has 2 saturated carbocycles. The Morgan fingerprint density at radius 2 is 1.81 bits per heavy atom. The van der Waals surface area contributed by atoms with Gasteiger partial charge < -0.3 is 9.47 Å². The third kappa shape index (κ3) is 2.77. The van der Waals surface area contributed by atoms with Crippen LogP contribution in [-0.2, 0) is 23.9 Å². The van der Waals surface area contributed by atoms with Gasteiger partial charge in [-0.2, -0.15) is 0 Å². The molecule has 0 radical (unpaired) electrons. The maximum atomic E-state index is 12.5. The maximum absolute atomic E-state index is 12.5. The van der Waals surface area contributed by atoms with E-state index in [9.17, 15) is 14.4 Å². The lowest BCUT2D eigenvalue weighted by Gasteiger charge is -2.54. The number of carbonyl (C=O) groups excluding carboxylic acids is 3. The largest absolute Gasteiger partial charge is 0.422 e. The highest BCUT2D eigenvalue weighted by Crippen LogP contribution is 2.61. The van der Waals surface area contributed by atoms with Gasteiger partial charge >= 0.3 is 11.9 Å². The van der Waals surface area contributed by atoms with Crippen molar-refractivity contribution in [3.8, 4) is 0 Å². The van der Waals surface area contributed by atoms with Crippen molar-refractivity contribution in [1.82, 2.24) is 0 Å². The molecule has 0 aliphatic heterocycles. The van der Waals surface area contributed by atoms with E-state index in [2.05, 4.69) is 19.1 Å². The van der Waals surface area contributed by atoms with Crippen molar-refractivity contribution in [2.24, 2.45) is 29.1 Å². The van der Waals surface area contributed by atoms with Gasteiger partial charge in [0, 0.05) is 32.1 Å². The zero-order valence-corrected chi connectivity index (χ0v) is 16.3. The number of carbonyl (C=O) groups is 3. The molecule has 2 fully saturated rings. The number of allylic oxidation sites excluding steroid dienone is 2. The summed E-state index contributed by atoms with van der Waals surface area (Å²) in [6, 6.07) is 0. The summed E-state index contributed by atoms with van der Waals surface area (Å²) in [6.45, 7) is 4.86. The van der Waals surface area contributed by atoms with E-state index < -0.39 is 17.7 Å². The van der Waals surface area contributed by atoms with E-state index in [1.807, 2.05) is 6.08 Å². The third-order valence-corrected chi connectivity index (χ3v) is 7.43. The first-order valence-corrected chi connectivity index (χ1v) is 10.1. The molecular formula is C22H28O5. The number of esters is 2. The van der Waals surface area contributed by atoms with Crippen molar-refractivity contribution in [3.05, 3.63) is 23.8 Å². The smallest absolute Gasteiger partial charge is 0.305 e. The minimum absolute atomic E-state index is 0.158. The summed E-state index contributed by atoms with van der Waals surface area (Å²) in [5.41, 5.74) is 0.876. The van der Waals surface area contributed by atoms with E-state index in [1.165, 1.54) is 13.8 Å². The standard InChI is InChI=1S/C22H28O5/c1-13(23)26-22(27-14(2)24)11-4-5-15-6-7-16-17(20(15)22)10-12-21(3)18(16)8-9-19(21)25/h4-6,16-18,20H,7-12H2,1-3H3/t16-,17+,18+,20+,21+/m1/s1. The lowest BCUT2D eigenvalue weighted by molar-refractivity contribution is -0.252. The van der Waals surface area contributed by atoms with Crippen LogP contribution in [0, 0.1) is 29.1 Å². The van der Waals surface area contributed by atoms with Gasteiger partial charge in [-0.25, -0.2) is 0 Å². The molecule has 0 spiro atoms. The number of ketones is 1. The highest BCUT2D eigenvalue weighted by Gasteiger charge is 2.60. The van der Waals surface area contributed by atoms with Gasteiger partial charge in [0.1, 0.15) is 5.78 Å². The van der Waals surface area contributed by atoms with Gasteiger partial charge in [0.15, 0.2) is 0 Å². The average Bonchev–Trinajstić information content (AvgIpc) is 2.89. The number of Topliss-reactive ketones (excluding diaryl/α,β-unsaturated/α-hetero) is 1. The minimum Gasteiger partial charge on any atom is -0.422 e. The molecule has 27 heavy (non-hydrogen) atoms. The van der Waals surface area contributed by atoms with Crippen molar-refractivity contribution in [1.29, 1.82) is 0 Å². The first-order chi connectivity index (χ1) is 12.8. The summed E-state index contributed by atoms with van der Waals surface area (Å²) < 4.78 is 11.4. The monoisotopic (exact) mass is 372 g/mol. The fourth-order valence-corrected chi connectivity index (χ4v) is 6.44. The fraction of sp³-hybridized carbons (Fsp3) is 0.682. The molecule has 0 saturated heterocycles. The molecule has 0 aromatic rings. The quantitative estimate of drug-likeness (QED) is 0.546. The van der Waals surface area contributed by atoms with Crippen LogP contribution in [0.15, 0.2) is 23.8 Å². The second-order valence-corrected chi connectivity index (χ2v) is 8.88. The lowest BCUT2D eigenvalue weighted by atomic mass is 9.52. The Morgan fingerprint density at radius 3 is 2.48 bits per heavy atom. The average molecular weight is 372 g/mol. The molecule has 0 aromatic carbocycles. The molecule has 4 aliphatic carbocycles. The van der Waals surface area contributed by atoms with Gasteiger partial charge in [-0.05, 0) is 49.0 Å². The van der Waals surface area contributed by atoms with Crippen molar-refractivity contribution in [2.45, 2.75) is 65.1 Å². The molecular weight excluding hydrogens is 344 g/mol. The molecule has 0 aromatic heterocycles. The Balaban J connectivity index is 1.75. The number of rotatable bonds is 2. The summed E-state index contributed by atoms with van der Waals surface area (Å²) in [4.78, 5) is 36.4. The molecule has 5 nitrogen and oxygen atoms in total. The van der Waals surface area contributed by atoms with Crippen LogP contribution in [0.3, 0.4) is 0 Å². The minimum atomic E-state index is -1.27. The number of hydrogen-bond acceptors (Lipinski definition) is 5. The van der Waals surface area contributed by atoms with E-state index in [0.29, 0.717) is 30.5 Å². The summed E-state index contributed by atoms with van der Waals surface area (Å²) >= 11 is 0. The van der Waals surface area contributed by atoms with E-state index in [1.54, 1.807) is 0 Å². The number of ether oxygens (including phenoxy) is 2. The van der Waals surface area contributed by atoms with Crippen LogP contribution in [0.1, 0.15) is 59.3 Å². The van der Waals surface area contributed by atoms with Crippen LogP contribution in [-0.4, -0.2) is 23.5 Å². The molecule has 4 rings (SSSR count). The first-order valence-electron chi connectivity index (χ1n) is 10.1. The van der Waals surface area contributed by atoms with Gasteiger partial charge in [0.25, 0.3) is 5.79 Å². The molecule has 0 bridgehead atoms. The summed E-state index contributed by atoms with van der Waals surface area (Å²) in [5.74, 6) is -0.935. The van der Waals surface area contributed by atoms with Crippen LogP contribution >= 0.6 is 0 Å². The van der Waals surface area contributed by atoms with E-state index in [-0.39, 0.29) is 17.3 Å². The van der Waals surface area contributed by atoms with Gasteiger partial charge in [0.2, 0.25) is 0 Å². The van der Waals surface area contributed by atoms with Crippen LogP contribution < -0.4 is 0 Å². The normalized spacial score (nSPS) is 38.9. The number of hydrogen-bond donors (Lipinski definition) is 0. The van der Waals surface area contributed by atoms with E-state index in [0.717, 1.165) is 31.3 Å². The molecule has 146 valence electrons. The van der Waals surface area contributed by atoms with Crippen LogP contribution in [0.5, 0.6) is 0 Å². The molecule has 0 amide bonds. The van der Waals surface area contributed by atoms with Gasteiger partial charge in [-0.3, -0.25) is 14.4 Å². The SMILES string of the molecule is CC(=O)OC1(OC(C)=O)CC=CC2=CC[C@@H]3[C@H](CC[C@]4(C)C(=O)CC[C@@H]34)[C@H]21. The second-order valence-electron chi connectivity index (χ2n) is 8.88. The molecule has 4 aliphatic rings. The predicted octanol–water partition coefficient (Wildman–Crippen LogP) is 3.73. The zero-order chi connectivity index (χ0) is 19.4. The highest BCUT2D eigenvalue weighted by atomic mass is 16.7. The fourth-order valence-electron chi connectivity index (χ4n) is 6.44. The van der Waals surface area contributed by atoms with Crippen LogP contribution in [0.4, 0.5) is 0 Å². The summed E-state index contributed by atoms with van der Waals surface area (Å²) in [7, 11) is 0. The van der Waals surface area contributed by atoms with E-state index >= 15 is 0 Å². The molecule has 5 heteroatoms. The van der Waals surface area contributed by atoms with Gasteiger partial charge in [-0.1, -0.05) is 25.2 Å².